The molecule has 1 aromatic carbocycles. The largest absolute Gasteiger partial charge is 0.497 e. The molecule has 2 heterocycles. The van der Waals surface area contributed by atoms with Crippen molar-refractivity contribution in [3.63, 3.8) is 0 Å². The lowest BCUT2D eigenvalue weighted by Crippen LogP contribution is -2.05. The molecule has 0 saturated heterocycles. The molecular weight excluding hydrogens is 282 g/mol. The van der Waals surface area contributed by atoms with Gasteiger partial charge in [0.1, 0.15) is 11.5 Å². The molecule has 0 bridgehead atoms. The van der Waals surface area contributed by atoms with E-state index in [1.807, 2.05) is 36.4 Å². The third kappa shape index (κ3) is 3.51. The van der Waals surface area contributed by atoms with E-state index in [4.69, 9.17) is 9.15 Å². The molecule has 0 amide bonds. The van der Waals surface area contributed by atoms with E-state index >= 15 is 0 Å². The second-order valence-electron chi connectivity index (χ2n) is 4.46. The van der Waals surface area contributed by atoms with Crippen molar-refractivity contribution in [1.29, 1.82) is 0 Å². The highest BCUT2D eigenvalue weighted by Gasteiger charge is 2.03. The van der Waals surface area contributed by atoms with Crippen LogP contribution in [0.1, 0.15) is 5.76 Å². The first kappa shape index (κ1) is 13.9. The fourth-order valence-corrected chi connectivity index (χ4v) is 1.86. The molecule has 0 aliphatic rings. The summed E-state index contributed by atoms with van der Waals surface area (Å²) in [5.74, 6) is 2.58. The number of nitrogens with zero attached hydrogens (tertiary/aromatic N) is 3. The zero-order chi connectivity index (χ0) is 15.2. The van der Waals surface area contributed by atoms with Crippen LogP contribution in [-0.4, -0.2) is 22.3 Å². The average Bonchev–Trinajstić information content (AvgIpc) is 3.07. The van der Waals surface area contributed by atoms with E-state index < -0.39 is 0 Å². The topological polar surface area (TPSA) is 85.1 Å². The quantitative estimate of drug-likeness (QED) is 0.723. The number of aromatic nitrogens is 3. The highest BCUT2D eigenvalue weighted by molar-refractivity contribution is 5.56. The Labute approximate surface area is 127 Å². The van der Waals surface area contributed by atoms with Crippen LogP contribution in [0.4, 0.5) is 17.5 Å². The molecular formula is C15H15N5O2. The maximum absolute atomic E-state index is 5.25. The van der Waals surface area contributed by atoms with Crippen molar-refractivity contribution in [3.8, 4) is 5.75 Å². The summed E-state index contributed by atoms with van der Waals surface area (Å²) in [6.45, 7) is 0.532. The Morgan fingerprint density at radius 2 is 2.18 bits per heavy atom. The first-order valence-electron chi connectivity index (χ1n) is 6.70. The summed E-state index contributed by atoms with van der Waals surface area (Å²) < 4.78 is 10.4. The van der Waals surface area contributed by atoms with Crippen molar-refractivity contribution in [2.75, 3.05) is 17.7 Å². The Bertz CT molecular complexity index is 730. The summed E-state index contributed by atoms with van der Waals surface area (Å²) in [4.78, 5) is 4.34. The van der Waals surface area contributed by atoms with E-state index in [1.165, 1.54) is 0 Å². The molecule has 7 heteroatoms. The van der Waals surface area contributed by atoms with Gasteiger partial charge in [-0.3, -0.25) is 0 Å². The van der Waals surface area contributed by atoms with Gasteiger partial charge in [0.05, 0.1) is 26.1 Å². The molecule has 0 unspecified atom stereocenters. The molecule has 7 nitrogen and oxygen atoms in total. The van der Waals surface area contributed by atoms with Crippen LogP contribution in [0.3, 0.4) is 0 Å². The lowest BCUT2D eigenvalue weighted by Gasteiger charge is -2.07. The van der Waals surface area contributed by atoms with Crippen LogP contribution in [0.15, 0.2) is 53.3 Å². The van der Waals surface area contributed by atoms with Crippen molar-refractivity contribution in [2.45, 2.75) is 6.54 Å². The molecule has 3 rings (SSSR count). The van der Waals surface area contributed by atoms with Gasteiger partial charge in [-0.05, 0) is 24.3 Å². The molecule has 0 spiro atoms. The molecule has 112 valence electrons. The number of rotatable bonds is 6. The summed E-state index contributed by atoms with van der Waals surface area (Å²) in [6.07, 6.45) is 3.19. The second-order valence-corrected chi connectivity index (χ2v) is 4.46. The minimum absolute atomic E-state index is 0.401. The molecule has 0 aliphatic heterocycles. The molecule has 0 aliphatic carbocycles. The second kappa shape index (κ2) is 6.57. The van der Waals surface area contributed by atoms with E-state index in [9.17, 15) is 0 Å². The highest BCUT2D eigenvalue weighted by atomic mass is 16.5. The Morgan fingerprint density at radius 3 is 3.00 bits per heavy atom. The van der Waals surface area contributed by atoms with Crippen molar-refractivity contribution in [2.24, 2.45) is 0 Å². The van der Waals surface area contributed by atoms with Crippen LogP contribution in [0, 0.1) is 0 Å². The zero-order valence-electron chi connectivity index (χ0n) is 12.0. The van der Waals surface area contributed by atoms with Gasteiger partial charge in [0.25, 0.3) is 0 Å². The van der Waals surface area contributed by atoms with Gasteiger partial charge >= 0.3 is 0 Å². The predicted molar refractivity (Wildman–Crippen MR) is 82.1 cm³/mol. The first-order chi connectivity index (χ1) is 10.8. The van der Waals surface area contributed by atoms with Gasteiger partial charge in [-0.25, -0.2) is 0 Å². The summed E-state index contributed by atoms with van der Waals surface area (Å²) in [5, 5.41) is 14.1. The molecule has 2 N–H and O–H groups in total. The monoisotopic (exact) mass is 297 g/mol. The maximum atomic E-state index is 5.25. The SMILES string of the molecule is COc1cccc(Nc2nncc(NCc3ccco3)n2)c1. The molecule has 22 heavy (non-hydrogen) atoms. The van der Waals surface area contributed by atoms with Crippen LogP contribution < -0.4 is 15.4 Å². The number of furan rings is 1. The van der Waals surface area contributed by atoms with Gasteiger partial charge < -0.3 is 19.8 Å². The van der Waals surface area contributed by atoms with Crippen LogP contribution in [0.25, 0.3) is 0 Å². The van der Waals surface area contributed by atoms with Gasteiger partial charge in [0.2, 0.25) is 5.95 Å². The summed E-state index contributed by atoms with van der Waals surface area (Å²) >= 11 is 0. The Morgan fingerprint density at radius 1 is 1.23 bits per heavy atom. The average molecular weight is 297 g/mol. The van der Waals surface area contributed by atoms with E-state index in [0.717, 1.165) is 17.2 Å². The minimum Gasteiger partial charge on any atom is -0.497 e. The fraction of sp³-hybridized carbons (Fsp3) is 0.133. The maximum Gasteiger partial charge on any atom is 0.249 e. The van der Waals surface area contributed by atoms with Crippen molar-refractivity contribution in [1.82, 2.24) is 15.2 Å². The molecule has 0 saturated carbocycles. The molecule has 0 fully saturated rings. The number of ether oxygens (including phenoxy) is 1. The molecule has 0 radical (unpaired) electrons. The number of benzene rings is 1. The van der Waals surface area contributed by atoms with E-state index in [-0.39, 0.29) is 0 Å². The van der Waals surface area contributed by atoms with E-state index in [0.29, 0.717) is 18.3 Å². The first-order valence-corrected chi connectivity index (χ1v) is 6.70. The van der Waals surface area contributed by atoms with E-state index in [2.05, 4.69) is 25.8 Å². The normalized spacial score (nSPS) is 10.2. The molecule has 3 aromatic rings. The number of nitrogens with one attached hydrogen (secondary N) is 2. The lowest BCUT2D eigenvalue weighted by atomic mass is 10.3. The Balaban J connectivity index is 1.67. The van der Waals surface area contributed by atoms with E-state index in [1.54, 1.807) is 19.6 Å². The standard InChI is InChI=1S/C15H15N5O2/c1-21-12-5-2-4-11(8-12)18-15-19-14(10-17-20-15)16-9-13-6-3-7-22-13/h2-8,10H,9H2,1H3,(H2,16,18,19,20). The van der Waals surface area contributed by atoms with Crippen LogP contribution in [0.5, 0.6) is 5.75 Å². The summed E-state index contributed by atoms with van der Waals surface area (Å²) in [6, 6.07) is 11.2. The van der Waals surface area contributed by atoms with Gasteiger partial charge in [-0.1, -0.05) is 6.07 Å². The lowest BCUT2D eigenvalue weighted by molar-refractivity contribution is 0.415. The fourth-order valence-electron chi connectivity index (χ4n) is 1.86. The predicted octanol–water partition coefficient (Wildman–Crippen LogP) is 2.83. The van der Waals surface area contributed by atoms with Crippen molar-refractivity contribution in [3.05, 3.63) is 54.6 Å². The number of hydrogen-bond acceptors (Lipinski definition) is 7. The van der Waals surface area contributed by atoms with Gasteiger partial charge in [-0.2, -0.15) is 10.1 Å². The molecule has 0 atom stereocenters. The Kier molecular flexibility index (Phi) is 4.15. The number of hydrogen-bond donors (Lipinski definition) is 2. The zero-order valence-corrected chi connectivity index (χ0v) is 12.0. The third-order valence-electron chi connectivity index (χ3n) is 2.91. The van der Waals surface area contributed by atoms with Crippen molar-refractivity contribution >= 4 is 17.5 Å². The number of anilines is 3. The summed E-state index contributed by atoms with van der Waals surface area (Å²) in [5.41, 5.74) is 0.823. The van der Waals surface area contributed by atoms with Gasteiger partial charge in [0, 0.05) is 11.8 Å². The van der Waals surface area contributed by atoms with Crippen LogP contribution in [0.2, 0.25) is 0 Å². The van der Waals surface area contributed by atoms with Crippen LogP contribution in [-0.2, 0) is 6.54 Å². The minimum atomic E-state index is 0.401. The molecule has 2 aromatic heterocycles. The van der Waals surface area contributed by atoms with Gasteiger partial charge in [0.15, 0.2) is 5.82 Å². The van der Waals surface area contributed by atoms with Crippen LogP contribution >= 0.6 is 0 Å². The highest BCUT2D eigenvalue weighted by Crippen LogP contribution is 2.19. The smallest absolute Gasteiger partial charge is 0.249 e. The van der Waals surface area contributed by atoms with Crippen molar-refractivity contribution < 1.29 is 9.15 Å². The third-order valence-corrected chi connectivity index (χ3v) is 2.91. The van der Waals surface area contributed by atoms with Gasteiger partial charge in [-0.15, -0.1) is 5.10 Å². The number of methoxy groups -OCH3 is 1. The Hall–Kier alpha value is -3.09. The summed E-state index contributed by atoms with van der Waals surface area (Å²) in [7, 11) is 1.62.